The van der Waals surface area contributed by atoms with Crippen LogP contribution in [0.4, 0.5) is 11.5 Å². The monoisotopic (exact) mass is 264 g/mol. The lowest BCUT2D eigenvalue weighted by Crippen LogP contribution is -2.33. The van der Waals surface area contributed by atoms with E-state index in [4.69, 9.17) is 5.26 Å². The molecule has 0 fully saturated rings. The highest BCUT2D eigenvalue weighted by molar-refractivity contribution is 5.50. The van der Waals surface area contributed by atoms with Crippen molar-refractivity contribution in [3.63, 3.8) is 0 Å². The number of rotatable bonds is 6. The first kappa shape index (κ1) is 14.9. The van der Waals surface area contributed by atoms with Crippen LogP contribution in [0.2, 0.25) is 0 Å². The van der Waals surface area contributed by atoms with Gasteiger partial charge >= 0.3 is 5.69 Å². The van der Waals surface area contributed by atoms with Crippen LogP contribution in [0.25, 0.3) is 0 Å². The molecule has 0 aliphatic heterocycles. The highest BCUT2D eigenvalue weighted by Gasteiger charge is 2.20. The molecule has 102 valence electrons. The lowest BCUT2D eigenvalue weighted by atomic mass is 10.0. The Hall–Kier alpha value is -2.20. The topological polar surface area (TPSA) is 112 Å². The van der Waals surface area contributed by atoms with Crippen LogP contribution in [0.15, 0.2) is 12.1 Å². The molecule has 1 rings (SSSR count). The summed E-state index contributed by atoms with van der Waals surface area (Å²) in [6.07, 6.45) is 1.46. The second-order valence-electron chi connectivity index (χ2n) is 4.53. The van der Waals surface area contributed by atoms with Gasteiger partial charge in [0.15, 0.2) is 0 Å². The lowest BCUT2D eigenvalue weighted by Gasteiger charge is -2.23. The van der Waals surface area contributed by atoms with Crippen LogP contribution < -0.4 is 5.32 Å². The third-order valence-corrected chi connectivity index (χ3v) is 2.62. The molecule has 1 unspecified atom stereocenters. The number of nitro groups is 1. The van der Waals surface area contributed by atoms with E-state index < -0.39 is 10.5 Å². The van der Waals surface area contributed by atoms with Crippen LogP contribution in [0.5, 0.6) is 0 Å². The highest BCUT2D eigenvalue weighted by Crippen LogP contribution is 2.19. The summed E-state index contributed by atoms with van der Waals surface area (Å²) in [7, 11) is 0. The fraction of sp³-hybridized carbons (Fsp3) is 0.500. The zero-order chi connectivity index (χ0) is 14.5. The van der Waals surface area contributed by atoms with Crippen molar-refractivity contribution < 1.29 is 10.0 Å². The molecule has 7 heteroatoms. The fourth-order valence-corrected chi connectivity index (χ4v) is 1.69. The molecule has 0 aliphatic rings. The van der Waals surface area contributed by atoms with E-state index >= 15 is 0 Å². The predicted molar refractivity (Wildman–Crippen MR) is 69.6 cm³/mol. The Morgan fingerprint density at radius 1 is 1.63 bits per heavy atom. The van der Waals surface area contributed by atoms with Gasteiger partial charge in [-0.15, -0.1) is 0 Å². The molecule has 0 spiro atoms. The van der Waals surface area contributed by atoms with Gasteiger partial charge in [-0.3, -0.25) is 10.1 Å². The van der Waals surface area contributed by atoms with Gasteiger partial charge in [0.05, 0.1) is 10.5 Å². The van der Waals surface area contributed by atoms with E-state index in [9.17, 15) is 15.2 Å². The predicted octanol–water partition coefficient (Wildman–Crippen LogP) is 1.82. The Morgan fingerprint density at radius 3 is 2.84 bits per heavy atom. The molecule has 0 amide bonds. The zero-order valence-electron chi connectivity index (χ0n) is 10.9. The Morgan fingerprint density at radius 2 is 2.32 bits per heavy atom. The zero-order valence-corrected chi connectivity index (χ0v) is 10.9. The van der Waals surface area contributed by atoms with Gasteiger partial charge in [-0.2, -0.15) is 5.26 Å². The molecule has 1 aromatic rings. The van der Waals surface area contributed by atoms with Gasteiger partial charge in [-0.25, -0.2) is 4.98 Å². The minimum atomic E-state index is -0.884. The normalized spacial score (nSPS) is 13.4. The molecule has 19 heavy (non-hydrogen) atoms. The average Bonchev–Trinajstić information content (AvgIpc) is 2.35. The van der Waals surface area contributed by atoms with Gasteiger partial charge in [0.25, 0.3) is 0 Å². The number of hydrogen-bond donors (Lipinski definition) is 2. The molecule has 0 aliphatic carbocycles. The minimum absolute atomic E-state index is 0.245. The molecular formula is C12H16N4O3. The van der Waals surface area contributed by atoms with E-state index in [0.29, 0.717) is 12.2 Å². The molecule has 7 nitrogen and oxygen atoms in total. The number of anilines is 1. The molecule has 1 aromatic heterocycles. The molecule has 0 saturated heterocycles. The van der Waals surface area contributed by atoms with Gasteiger partial charge in [0.1, 0.15) is 11.9 Å². The lowest BCUT2D eigenvalue weighted by molar-refractivity contribution is -0.385. The SMILES string of the molecule is CCCC(C)(O)CNc1ccc([N+](=O)[O-])c(C#N)n1. The summed E-state index contributed by atoms with van der Waals surface area (Å²) in [4.78, 5) is 13.8. The van der Waals surface area contributed by atoms with Gasteiger partial charge in [0, 0.05) is 12.6 Å². The second-order valence-corrected chi connectivity index (χ2v) is 4.53. The maximum absolute atomic E-state index is 10.6. The Bertz CT molecular complexity index is 508. The number of hydrogen-bond acceptors (Lipinski definition) is 6. The minimum Gasteiger partial charge on any atom is -0.388 e. The van der Waals surface area contributed by atoms with Crippen molar-refractivity contribution in [1.82, 2.24) is 4.98 Å². The first-order chi connectivity index (χ1) is 8.89. The Kier molecular flexibility index (Phi) is 4.78. The number of nitriles is 1. The van der Waals surface area contributed by atoms with E-state index in [1.165, 1.54) is 12.1 Å². The number of aromatic nitrogens is 1. The van der Waals surface area contributed by atoms with E-state index in [1.54, 1.807) is 13.0 Å². The van der Waals surface area contributed by atoms with Crippen LogP contribution in [-0.4, -0.2) is 27.2 Å². The maximum atomic E-state index is 10.6. The summed E-state index contributed by atoms with van der Waals surface area (Å²) >= 11 is 0. The summed E-state index contributed by atoms with van der Waals surface area (Å²) in [6, 6.07) is 4.33. The molecule has 0 saturated carbocycles. The van der Waals surface area contributed by atoms with Crippen LogP contribution in [-0.2, 0) is 0 Å². The molecule has 0 aromatic carbocycles. The van der Waals surface area contributed by atoms with Crippen LogP contribution >= 0.6 is 0 Å². The molecule has 0 bridgehead atoms. The molecule has 1 atom stereocenters. The van der Waals surface area contributed by atoms with Crippen LogP contribution in [0, 0.1) is 21.4 Å². The van der Waals surface area contributed by atoms with Crippen molar-refractivity contribution in [1.29, 1.82) is 5.26 Å². The largest absolute Gasteiger partial charge is 0.388 e. The Balaban J connectivity index is 2.82. The van der Waals surface area contributed by atoms with Crippen LogP contribution in [0.3, 0.4) is 0 Å². The standard InChI is InChI=1S/C12H16N4O3/c1-3-6-12(2,17)8-14-11-5-4-10(16(18)19)9(7-13)15-11/h4-5,17H,3,6,8H2,1-2H3,(H,14,15). The molecule has 2 N–H and O–H groups in total. The fourth-order valence-electron chi connectivity index (χ4n) is 1.69. The van der Waals surface area contributed by atoms with Gasteiger partial charge in [0.2, 0.25) is 5.69 Å². The molecule has 1 heterocycles. The molecular weight excluding hydrogens is 248 g/mol. The number of nitrogens with one attached hydrogen (secondary N) is 1. The second kappa shape index (κ2) is 6.11. The van der Waals surface area contributed by atoms with Crippen molar-refractivity contribution in [2.24, 2.45) is 0 Å². The van der Waals surface area contributed by atoms with Crippen molar-refractivity contribution in [3.05, 3.63) is 27.9 Å². The summed E-state index contributed by atoms with van der Waals surface area (Å²) in [5, 5.41) is 32.3. The molecule has 0 radical (unpaired) electrons. The van der Waals surface area contributed by atoms with E-state index in [1.807, 2.05) is 6.92 Å². The number of nitrogens with zero attached hydrogens (tertiary/aromatic N) is 3. The highest BCUT2D eigenvalue weighted by atomic mass is 16.6. The van der Waals surface area contributed by atoms with Crippen molar-refractivity contribution in [2.75, 3.05) is 11.9 Å². The summed E-state index contributed by atoms with van der Waals surface area (Å²) < 4.78 is 0. The van der Waals surface area contributed by atoms with E-state index in [2.05, 4.69) is 10.3 Å². The smallest absolute Gasteiger partial charge is 0.305 e. The quantitative estimate of drug-likeness (QED) is 0.598. The average molecular weight is 264 g/mol. The van der Waals surface area contributed by atoms with Crippen molar-refractivity contribution in [2.45, 2.75) is 32.3 Å². The summed E-state index contributed by atoms with van der Waals surface area (Å²) in [5.74, 6) is 0.332. The van der Waals surface area contributed by atoms with Gasteiger partial charge < -0.3 is 10.4 Å². The third-order valence-electron chi connectivity index (χ3n) is 2.62. The van der Waals surface area contributed by atoms with Crippen LogP contribution in [0.1, 0.15) is 32.4 Å². The first-order valence-corrected chi connectivity index (χ1v) is 5.91. The number of aliphatic hydroxyl groups is 1. The maximum Gasteiger partial charge on any atom is 0.305 e. The van der Waals surface area contributed by atoms with Gasteiger partial charge in [-0.05, 0) is 19.4 Å². The van der Waals surface area contributed by atoms with Gasteiger partial charge in [-0.1, -0.05) is 13.3 Å². The summed E-state index contributed by atoms with van der Waals surface area (Å²) in [5.41, 5.74) is -1.45. The van der Waals surface area contributed by atoms with E-state index in [-0.39, 0.29) is 17.9 Å². The Labute approximate surface area is 111 Å². The summed E-state index contributed by atoms with van der Waals surface area (Å²) in [6.45, 7) is 3.92. The third kappa shape index (κ3) is 4.19. The number of pyridine rings is 1. The van der Waals surface area contributed by atoms with Crippen molar-refractivity contribution in [3.8, 4) is 6.07 Å². The first-order valence-electron chi connectivity index (χ1n) is 5.91. The van der Waals surface area contributed by atoms with Crippen molar-refractivity contribution >= 4 is 11.5 Å². The van der Waals surface area contributed by atoms with E-state index in [0.717, 1.165) is 6.42 Å².